The van der Waals surface area contributed by atoms with Crippen LogP contribution in [0.1, 0.15) is 27.7 Å². The van der Waals surface area contributed by atoms with Gasteiger partial charge in [0.1, 0.15) is 11.4 Å². The first kappa shape index (κ1) is 17.2. The first-order chi connectivity index (χ1) is 10.8. The molecule has 1 aromatic carbocycles. The summed E-state index contributed by atoms with van der Waals surface area (Å²) in [4.78, 5) is 12.3. The third kappa shape index (κ3) is 3.62. The molecule has 0 saturated carbocycles. The standard InChI is InChI=1S/C15H17ClFN3O3/c1-8-13(15(23-3)20(2)19-8)14(22)18-7-12(21)9-4-5-10(16)11(17)6-9/h4-6,12,21H,7H2,1-3H3,(H,18,22). The van der Waals surface area contributed by atoms with E-state index in [1.807, 2.05) is 0 Å². The predicted molar refractivity (Wildman–Crippen MR) is 83.2 cm³/mol. The summed E-state index contributed by atoms with van der Waals surface area (Å²) in [6.07, 6.45) is -1.06. The zero-order chi connectivity index (χ0) is 17.1. The number of carbonyl (C=O) groups excluding carboxylic acids is 1. The number of benzene rings is 1. The number of carbonyl (C=O) groups is 1. The topological polar surface area (TPSA) is 76.4 Å². The van der Waals surface area contributed by atoms with E-state index in [9.17, 15) is 14.3 Å². The molecule has 6 nitrogen and oxygen atoms in total. The number of nitrogens with one attached hydrogen (secondary N) is 1. The molecule has 8 heteroatoms. The van der Waals surface area contributed by atoms with Crippen LogP contribution in [0.4, 0.5) is 4.39 Å². The summed E-state index contributed by atoms with van der Waals surface area (Å²) in [6.45, 7) is 1.60. The second-order valence-electron chi connectivity index (χ2n) is 4.99. The maximum absolute atomic E-state index is 13.4. The minimum absolute atomic E-state index is 0.0271. The van der Waals surface area contributed by atoms with E-state index in [2.05, 4.69) is 10.4 Å². The lowest BCUT2D eigenvalue weighted by molar-refractivity contribution is 0.0912. The van der Waals surface area contributed by atoms with Crippen molar-refractivity contribution in [2.24, 2.45) is 7.05 Å². The third-order valence-electron chi connectivity index (χ3n) is 3.37. The molecule has 0 spiro atoms. The number of rotatable bonds is 5. The summed E-state index contributed by atoms with van der Waals surface area (Å²) in [6, 6.07) is 3.98. The molecule has 2 rings (SSSR count). The van der Waals surface area contributed by atoms with Gasteiger partial charge < -0.3 is 15.2 Å². The van der Waals surface area contributed by atoms with E-state index in [-0.39, 0.29) is 11.6 Å². The number of aromatic nitrogens is 2. The number of halogens is 2. The van der Waals surface area contributed by atoms with Gasteiger partial charge in [-0.25, -0.2) is 9.07 Å². The SMILES string of the molecule is COc1c(C(=O)NCC(O)c2ccc(Cl)c(F)c2)c(C)nn1C. The molecular weight excluding hydrogens is 325 g/mol. The smallest absolute Gasteiger partial charge is 0.258 e. The molecule has 1 atom stereocenters. The summed E-state index contributed by atoms with van der Waals surface area (Å²) in [5.41, 5.74) is 1.13. The van der Waals surface area contributed by atoms with Crippen LogP contribution >= 0.6 is 11.6 Å². The fourth-order valence-corrected chi connectivity index (χ4v) is 2.37. The van der Waals surface area contributed by atoms with Crippen LogP contribution in [-0.2, 0) is 7.05 Å². The van der Waals surface area contributed by atoms with Crippen LogP contribution in [0.5, 0.6) is 5.88 Å². The van der Waals surface area contributed by atoms with Gasteiger partial charge in [-0.15, -0.1) is 0 Å². The van der Waals surface area contributed by atoms with Gasteiger partial charge >= 0.3 is 0 Å². The molecule has 0 fully saturated rings. The Labute approximate surface area is 137 Å². The van der Waals surface area contributed by atoms with E-state index in [0.29, 0.717) is 22.7 Å². The zero-order valence-corrected chi connectivity index (χ0v) is 13.7. The Kier molecular flexibility index (Phi) is 5.23. The van der Waals surface area contributed by atoms with Gasteiger partial charge in [0.2, 0.25) is 5.88 Å². The number of nitrogens with zero attached hydrogens (tertiary/aromatic N) is 2. The lowest BCUT2D eigenvalue weighted by atomic mass is 10.1. The van der Waals surface area contributed by atoms with Crippen molar-refractivity contribution in [1.29, 1.82) is 0 Å². The Morgan fingerprint density at radius 2 is 2.26 bits per heavy atom. The normalized spacial score (nSPS) is 12.1. The maximum atomic E-state index is 13.4. The van der Waals surface area contributed by atoms with E-state index in [1.54, 1.807) is 14.0 Å². The van der Waals surface area contributed by atoms with Gasteiger partial charge in [0.15, 0.2) is 0 Å². The summed E-state index contributed by atoms with van der Waals surface area (Å²) in [5, 5.41) is 16.7. The van der Waals surface area contributed by atoms with Crippen LogP contribution in [0.3, 0.4) is 0 Å². The largest absolute Gasteiger partial charge is 0.481 e. The lowest BCUT2D eigenvalue weighted by Crippen LogP contribution is -2.29. The molecule has 0 radical (unpaired) electrons. The molecule has 0 aliphatic rings. The van der Waals surface area contributed by atoms with E-state index in [4.69, 9.17) is 16.3 Å². The van der Waals surface area contributed by atoms with Crippen molar-refractivity contribution >= 4 is 17.5 Å². The average molecular weight is 342 g/mol. The van der Waals surface area contributed by atoms with Gasteiger partial charge in [-0.3, -0.25) is 4.79 Å². The van der Waals surface area contributed by atoms with E-state index in [1.165, 1.54) is 23.9 Å². The highest BCUT2D eigenvalue weighted by atomic mass is 35.5. The van der Waals surface area contributed by atoms with Crippen LogP contribution in [0.15, 0.2) is 18.2 Å². The zero-order valence-electron chi connectivity index (χ0n) is 12.9. The number of aliphatic hydroxyl groups excluding tert-OH is 1. The van der Waals surface area contributed by atoms with Crippen LogP contribution in [-0.4, -0.2) is 34.4 Å². The highest BCUT2D eigenvalue weighted by Crippen LogP contribution is 2.22. The number of hydrogen-bond donors (Lipinski definition) is 2. The second-order valence-corrected chi connectivity index (χ2v) is 5.40. The third-order valence-corrected chi connectivity index (χ3v) is 3.68. The fourth-order valence-electron chi connectivity index (χ4n) is 2.25. The van der Waals surface area contributed by atoms with Gasteiger partial charge in [0.05, 0.1) is 23.9 Å². The number of ether oxygens (including phenoxy) is 1. The number of amides is 1. The summed E-state index contributed by atoms with van der Waals surface area (Å²) in [7, 11) is 3.10. The molecule has 23 heavy (non-hydrogen) atoms. The lowest BCUT2D eigenvalue weighted by Gasteiger charge is -2.13. The number of methoxy groups -OCH3 is 1. The van der Waals surface area contributed by atoms with Crippen LogP contribution in [0, 0.1) is 12.7 Å². The van der Waals surface area contributed by atoms with E-state index >= 15 is 0 Å². The first-order valence-corrected chi connectivity index (χ1v) is 7.21. The monoisotopic (exact) mass is 341 g/mol. The number of aryl methyl sites for hydroxylation is 2. The first-order valence-electron chi connectivity index (χ1n) is 6.84. The highest BCUT2D eigenvalue weighted by Gasteiger charge is 2.22. The summed E-state index contributed by atoms with van der Waals surface area (Å²) >= 11 is 5.60. The number of hydrogen-bond acceptors (Lipinski definition) is 4. The molecule has 2 aromatic rings. The van der Waals surface area contributed by atoms with Crippen molar-refractivity contribution in [3.63, 3.8) is 0 Å². The summed E-state index contributed by atoms with van der Waals surface area (Å²) < 4.78 is 20.0. The second kappa shape index (κ2) is 6.97. The Hall–Kier alpha value is -2.12. The van der Waals surface area contributed by atoms with Gasteiger partial charge in [-0.1, -0.05) is 17.7 Å². The molecule has 0 aliphatic carbocycles. The van der Waals surface area contributed by atoms with Crippen LogP contribution in [0.2, 0.25) is 5.02 Å². The average Bonchev–Trinajstić information content (AvgIpc) is 2.80. The fraction of sp³-hybridized carbons (Fsp3) is 0.333. The van der Waals surface area contributed by atoms with Crippen molar-refractivity contribution in [2.75, 3.05) is 13.7 Å². The quantitative estimate of drug-likeness (QED) is 0.872. The van der Waals surface area contributed by atoms with Gasteiger partial charge in [0.25, 0.3) is 5.91 Å². The maximum Gasteiger partial charge on any atom is 0.258 e. The minimum atomic E-state index is -1.06. The molecule has 2 N–H and O–H groups in total. The molecular formula is C15H17ClFN3O3. The molecule has 0 bridgehead atoms. The minimum Gasteiger partial charge on any atom is -0.481 e. The van der Waals surface area contributed by atoms with Crippen molar-refractivity contribution in [1.82, 2.24) is 15.1 Å². The van der Waals surface area contributed by atoms with Crippen molar-refractivity contribution < 1.29 is 19.0 Å². The van der Waals surface area contributed by atoms with Gasteiger partial charge in [-0.05, 0) is 24.6 Å². The van der Waals surface area contributed by atoms with Crippen molar-refractivity contribution in [3.8, 4) is 5.88 Å². The molecule has 1 heterocycles. The Balaban J connectivity index is 2.08. The molecule has 124 valence electrons. The van der Waals surface area contributed by atoms with Gasteiger partial charge in [0, 0.05) is 13.6 Å². The summed E-state index contributed by atoms with van der Waals surface area (Å²) in [5.74, 6) is -0.729. The molecule has 1 aromatic heterocycles. The molecule has 1 amide bonds. The van der Waals surface area contributed by atoms with E-state index in [0.717, 1.165) is 6.07 Å². The highest BCUT2D eigenvalue weighted by molar-refractivity contribution is 6.30. The van der Waals surface area contributed by atoms with Crippen LogP contribution in [0.25, 0.3) is 0 Å². The molecule has 1 unspecified atom stereocenters. The predicted octanol–water partition coefficient (Wildman–Crippen LogP) is 1.99. The Bertz CT molecular complexity index is 733. The van der Waals surface area contributed by atoms with Crippen molar-refractivity contribution in [3.05, 3.63) is 45.9 Å². The molecule has 0 saturated heterocycles. The Morgan fingerprint density at radius 1 is 1.57 bits per heavy atom. The molecule has 0 aliphatic heterocycles. The Morgan fingerprint density at radius 3 is 2.87 bits per heavy atom. The van der Waals surface area contributed by atoms with E-state index < -0.39 is 17.8 Å². The van der Waals surface area contributed by atoms with Gasteiger partial charge in [-0.2, -0.15) is 5.10 Å². The van der Waals surface area contributed by atoms with Crippen molar-refractivity contribution in [2.45, 2.75) is 13.0 Å². The van der Waals surface area contributed by atoms with Crippen LogP contribution < -0.4 is 10.1 Å². The number of aliphatic hydroxyl groups is 1.